The molecule has 0 N–H and O–H groups in total. The lowest BCUT2D eigenvalue weighted by molar-refractivity contribution is -0.137. The summed E-state index contributed by atoms with van der Waals surface area (Å²) in [6.07, 6.45) is -9.50. The number of alkyl halides is 6. The maximum atomic E-state index is 13.6. The number of halogens is 6. The van der Waals surface area contributed by atoms with Gasteiger partial charge in [0.15, 0.2) is 0 Å². The summed E-state index contributed by atoms with van der Waals surface area (Å²) < 4.78 is 83.2. The number of hydrogen-bond acceptors (Lipinski definition) is 3. The topological polar surface area (TPSA) is 19.1 Å². The molecule has 1 aliphatic heterocycles. The molecule has 0 fully saturated rings. The van der Waals surface area contributed by atoms with Crippen molar-refractivity contribution >= 4 is 27.2 Å². The van der Waals surface area contributed by atoms with Crippen molar-refractivity contribution in [3.05, 3.63) is 40.7 Å². The summed E-state index contributed by atoms with van der Waals surface area (Å²) in [5.41, 5.74) is -2.80. The highest BCUT2D eigenvalue weighted by molar-refractivity contribution is 7.21. The van der Waals surface area contributed by atoms with Gasteiger partial charge in [-0.15, -0.1) is 11.3 Å². The first-order valence-electron chi connectivity index (χ1n) is 8.03. The summed E-state index contributed by atoms with van der Waals surface area (Å²) in [7, 11) is 6.36. The highest BCUT2D eigenvalue weighted by Crippen LogP contribution is 2.43. The molecule has 0 saturated heterocycles. The highest BCUT2D eigenvalue weighted by Gasteiger charge is 2.38. The third-order valence-electron chi connectivity index (χ3n) is 4.21. The molecule has 3 rings (SSSR count). The smallest absolute Gasteiger partial charge is 0.378 e. The third-order valence-corrected chi connectivity index (χ3v) is 5.27. The van der Waals surface area contributed by atoms with E-state index in [0.717, 1.165) is 23.5 Å². The van der Waals surface area contributed by atoms with Crippen molar-refractivity contribution in [1.29, 1.82) is 0 Å². The van der Waals surface area contributed by atoms with Gasteiger partial charge in [-0.25, -0.2) is 9.56 Å². The van der Waals surface area contributed by atoms with Gasteiger partial charge in [-0.1, -0.05) is 0 Å². The van der Waals surface area contributed by atoms with Gasteiger partial charge < -0.3 is 4.90 Å². The van der Waals surface area contributed by atoms with Gasteiger partial charge in [0.1, 0.15) is 14.1 Å². The summed E-state index contributed by atoms with van der Waals surface area (Å²) in [5.74, 6) is 0. The van der Waals surface area contributed by atoms with Gasteiger partial charge >= 0.3 is 12.4 Å². The van der Waals surface area contributed by atoms with Crippen LogP contribution in [0.15, 0.2) is 24.3 Å². The van der Waals surface area contributed by atoms with Crippen LogP contribution in [0.4, 0.5) is 32.0 Å². The summed E-state index contributed by atoms with van der Waals surface area (Å²) in [6.45, 7) is 0. The third kappa shape index (κ3) is 3.65. The average Bonchev–Trinajstić information content (AvgIpc) is 2.55. The summed E-state index contributed by atoms with van der Waals surface area (Å²) >= 11 is 0.859. The van der Waals surface area contributed by atoms with Crippen molar-refractivity contribution in [1.82, 2.24) is 9.56 Å². The van der Waals surface area contributed by atoms with E-state index in [0.29, 0.717) is 0 Å². The maximum Gasteiger partial charge on any atom is 0.418 e. The van der Waals surface area contributed by atoms with Crippen LogP contribution in [-0.2, 0) is 12.4 Å². The van der Waals surface area contributed by atoms with Crippen LogP contribution in [-0.4, -0.2) is 33.2 Å². The maximum absolute atomic E-state index is 13.6. The molecule has 1 aromatic rings. The Balaban J connectivity index is 2.54. The van der Waals surface area contributed by atoms with E-state index in [1.165, 1.54) is 21.6 Å². The molecule has 1 aromatic carbocycles. The molecule has 10 heteroatoms. The SMILES string of the molecule is CN(C)c1cc(C(F)(F)F)c2nc3c(C(F)(F)F)cc(=[N+](C)C)cc-3sc2c1. The van der Waals surface area contributed by atoms with Crippen molar-refractivity contribution < 1.29 is 26.3 Å². The lowest BCUT2D eigenvalue weighted by atomic mass is 10.1. The normalized spacial score (nSPS) is 12.6. The zero-order chi connectivity index (χ0) is 21.0. The summed E-state index contributed by atoms with van der Waals surface area (Å²) in [5, 5.41) is 0.289. The Morgan fingerprint density at radius 2 is 1.50 bits per heavy atom. The van der Waals surface area contributed by atoms with E-state index in [9.17, 15) is 26.3 Å². The minimum atomic E-state index is -4.75. The van der Waals surface area contributed by atoms with Crippen molar-refractivity contribution in [2.75, 3.05) is 33.1 Å². The second-order valence-electron chi connectivity index (χ2n) is 6.68. The number of hydrogen-bond donors (Lipinski definition) is 0. The molecule has 0 spiro atoms. The minimum Gasteiger partial charge on any atom is -0.378 e. The molecule has 0 atom stereocenters. The van der Waals surface area contributed by atoms with Crippen LogP contribution in [0, 0.1) is 0 Å². The molecular weight excluding hydrogens is 404 g/mol. The molecule has 3 nitrogen and oxygen atoms in total. The molecular formula is C18H16F6N3S+. The average molecular weight is 420 g/mol. The van der Waals surface area contributed by atoms with Gasteiger partial charge in [-0.3, -0.25) is 0 Å². The van der Waals surface area contributed by atoms with Crippen LogP contribution < -0.4 is 14.8 Å². The first-order valence-corrected chi connectivity index (χ1v) is 8.85. The largest absolute Gasteiger partial charge is 0.418 e. The van der Waals surface area contributed by atoms with E-state index >= 15 is 0 Å². The second-order valence-corrected chi connectivity index (χ2v) is 7.76. The number of benzene rings is 2. The van der Waals surface area contributed by atoms with Crippen molar-refractivity contribution in [2.45, 2.75) is 12.4 Å². The van der Waals surface area contributed by atoms with E-state index in [1.807, 2.05) is 0 Å². The van der Waals surface area contributed by atoms with E-state index in [4.69, 9.17) is 0 Å². The number of rotatable bonds is 1. The predicted molar refractivity (Wildman–Crippen MR) is 97.7 cm³/mol. The fraction of sp³-hybridized carbons (Fsp3) is 0.333. The fourth-order valence-corrected chi connectivity index (χ4v) is 3.85. The van der Waals surface area contributed by atoms with Crippen LogP contribution >= 0.6 is 11.3 Å². The first kappa shape index (κ1) is 20.4. The number of anilines is 1. The molecule has 150 valence electrons. The molecule has 0 amide bonds. The van der Waals surface area contributed by atoms with Crippen LogP contribution in [0.2, 0.25) is 0 Å². The number of nitrogens with zero attached hydrogens (tertiary/aromatic N) is 3. The van der Waals surface area contributed by atoms with Crippen LogP contribution in [0.1, 0.15) is 11.1 Å². The molecule has 0 saturated carbocycles. The molecule has 0 radical (unpaired) electrons. The molecule has 0 aromatic heterocycles. The lowest BCUT2D eigenvalue weighted by Gasteiger charge is -2.19. The predicted octanol–water partition coefficient (Wildman–Crippen LogP) is 4.54. The van der Waals surface area contributed by atoms with Crippen molar-refractivity contribution in [2.24, 2.45) is 0 Å². The van der Waals surface area contributed by atoms with Crippen LogP contribution in [0.5, 0.6) is 0 Å². The van der Waals surface area contributed by atoms with Crippen molar-refractivity contribution in [3.8, 4) is 10.6 Å². The van der Waals surface area contributed by atoms with Gasteiger partial charge in [0.25, 0.3) is 0 Å². The molecule has 1 aliphatic carbocycles. The fourth-order valence-electron chi connectivity index (χ4n) is 2.75. The Morgan fingerprint density at radius 1 is 0.893 bits per heavy atom. The second kappa shape index (κ2) is 6.61. The minimum absolute atomic E-state index is 0.162. The molecule has 28 heavy (non-hydrogen) atoms. The van der Waals surface area contributed by atoms with Gasteiger partial charge in [0, 0.05) is 31.9 Å². The van der Waals surface area contributed by atoms with Gasteiger partial charge in [0.2, 0.25) is 5.36 Å². The summed E-state index contributed by atoms with van der Waals surface area (Å²) in [6, 6.07) is 4.79. The summed E-state index contributed by atoms with van der Waals surface area (Å²) in [4.78, 5) is 5.51. The molecule has 0 unspecified atom stereocenters. The Bertz CT molecular complexity index is 1090. The standard InChI is InChI=1S/C18H16F6N3S/c1-26(2)9-5-11(17(19,20)21)15-13(7-9)28-14-8-10(27(3)4)6-12(16(14)25-15)18(22,23)24/h5-8H,1-4H3/q+1. The Labute approximate surface area is 160 Å². The van der Waals surface area contributed by atoms with Crippen LogP contribution in [0.25, 0.3) is 20.8 Å². The zero-order valence-corrected chi connectivity index (χ0v) is 16.1. The Morgan fingerprint density at radius 3 is 2.00 bits per heavy atom. The quantitative estimate of drug-likeness (QED) is 0.327. The zero-order valence-electron chi connectivity index (χ0n) is 15.3. The highest BCUT2D eigenvalue weighted by atomic mass is 32.1. The van der Waals surface area contributed by atoms with Gasteiger partial charge in [-0.2, -0.15) is 26.3 Å². The van der Waals surface area contributed by atoms with E-state index in [-0.39, 0.29) is 20.6 Å². The number of fused-ring (bicyclic) bond motifs is 2. The Kier molecular flexibility index (Phi) is 4.81. The van der Waals surface area contributed by atoms with Crippen LogP contribution in [0.3, 0.4) is 0 Å². The monoisotopic (exact) mass is 420 g/mol. The van der Waals surface area contributed by atoms with E-state index in [2.05, 4.69) is 4.98 Å². The van der Waals surface area contributed by atoms with Gasteiger partial charge in [-0.05, 0) is 12.1 Å². The molecule has 1 heterocycles. The first-order chi connectivity index (χ1) is 12.8. The van der Waals surface area contributed by atoms with E-state index < -0.39 is 34.7 Å². The molecule has 2 aliphatic rings. The number of aromatic nitrogens is 1. The van der Waals surface area contributed by atoms with Gasteiger partial charge in [0.05, 0.1) is 31.9 Å². The molecule has 0 bridgehead atoms. The lowest BCUT2D eigenvalue weighted by Crippen LogP contribution is -2.24. The van der Waals surface area contributed by atoms with Crippen molar-refractivity contribution in [3.63, 3.8) is 0 Å². The van der Waals surface area contributed by atoms with E-state index in [1.54, 1.807) is 28.2 Å². The Hall–Kier alpha value is -2.36.